The molecule has 0 unspecified atom stereocenters. The molecule has 1 N–H and O–H groups in total. The number of fused-ring (bicyclic) bond motifs is 1. The van der Waals surface area contributed by atoms with E-state index in [1.54, 1.807) is 10.6 Å². The quantitative estimate of drug-likeness (QED) is 0.748. The molecule has 3 heteroatoms. The van der Waals surface area contributed by atoms with Crippen LogP contribution in [-0.2, 0) is 5.41 Å². The molecule has 1 aromatic heterocycles. The fourth-order valence-corrected chi connectivity index (χ4v) is 2.70. The molecule has 0 aliphatic rings. The van der Waals surface area contributed by atoms with E-state index in [1.807, 2.05) is 36.4 Å². The van der Waals surface area contributed by atoms with Crippen molar-refractivity contribution in [1.29, 1.82) is 0 Å². The summed E-state index contributed by atoms with van der Waals surface area (Å²) in [4.78, 5) is 11.6. The van der Waals surface area contributed by atoms with Gasteiger partial charge in [-0.2, -0.15) is 0 Å². The number of aromatic nitrogens is 1. The van der Waals surface area contributed by atoms with Gasteiger partial charge in [0.15, 0.2) is 0 Å². The maximum Gasteiger partial charge on any atom is 0.352 e. The highest BCUT2D eigenvalue weighted by Gasteiger charge is 2.17. The molecule has 22 heavy (non-hydrogen) atoms. The standard InChI is InChI=1S/C19H19NO2/c1-19(2,3)14-8-10-15(11-9-14)20-16-7-5-4-6-13(16)12-17(20)18(21)22/h4-12H,1-3H3,(H,21,22). The highest BCUT2D eigenvalue weighted by Crippen LogP contribution is 2.27. The van der Waals surface area contributed by atoms with Gasteiger partial charge in [0.2, 0.25) is 0 Å². The lowest BCUT2D eigenvalue weighted by atomic mass is 9.87. The third-order valence-electron chi connectivity index (χ3n) is 3.92. The van der Waals surface area contributed by atoms with E-state index in [0.29, 0.717) is 0 Å². The minimum atomic E-state index is -0.920. The van der Waals surface area contributed by atoms with Crippen LogP contribution in [0.1, 0.15) is 36.8 Å². The summed E-state index contributed by atoms with van der Waals surface area (Å²) in [6.07, 6.45) is 0. The molecule has 0 aliphatic carbocycles. The second-order valence-electron chi connectivity index (χ2n) is 6.53. The first-order chi connectivity index (χ1) is 10.4. The topological polar surface area (TPSA) is 42.2 Å². The Morgan fingerprint density at radius 2 is 1.64 bits per heavy atom. The van der Waals surface area contributed by atoms with E-state index >= 15 is 0 Å². The van der Waals surface area contributed by atoms with Crippen molar-refractivity contribution in [3.63, 3.8) is 0 Å². The maximum absolute atomic E-state index is 11.6. The number of carboxylic acid groups (broad SMARTS) is 1. The number of aromatic carboxylic acids is 1. The Bertz CT molecular complexity index is 836. The van der Waals surface area contributed by atoms with Crippen molar-refractivity contribution in [3.8, 4) is 5.69 Å². The SMILES string of the molecule is CC(C)(C)c1ccc(-n2c(C(=O)O)cc3ccccc32)cc1. The summed E-state index contributed by atoms with van der Waals surface area (Å²) in [5, 5.41) is 10.4. The fourth-order valence-electron chi connectivity index (χ4n) is 2.70. The number of nitrogens with zero attached hydrogens (tertiary/aromatic N) is 1. The third kappa shape index (κ3) is 2.39. The predicted octanol–water partition coefficient (Wildman–Crippen LogP) is 4.63. The maximum atomic E-state index is 11.6. The Labute approximate surface area is 129 Å². The number of carboxylic acids is 1. The number of rotatable bonds is 2. The van der Waals surface area contributed by atoms with Gasteiger partial charge < -0.3 is 9.67 Å². The van der Waals surface area contributed by atoms with Crippen molar-refractivity contribution in [2.24, 2.45) is 0 Å². The van der Waals surface area contributed by atoms with Gasteiger partial charge in [0.25, 0.3) is 0 Å². The zero-order chi connectivity index (χ0) is 15.9. The van der Waals surface area contributed by atoms with E-state index in [-0.39, 0.29) is 11.1 Å². The molecule has 1 heterocycles. The van der Waals surface area contributed by atoms with E-state index in [0.717, 1.165) is 16.6 Å². The summed E-state index contributed by atoms with van der Waals surface area (Å²) >= 11 is 0. The average molecular weight is 293 g/mol. The molecule has 0 bridgehead atoms. The Balaban J connectivity index is 2.21. The minimum Gasteiger partial charge on any atom is -0.477 e. The lowest BCUT2D eigenvalue weighted by molar-refractivity contribution is 0.0688. The molecule has 3 rings (SSSR count). The van der Waals surface area contributed by atoms with E-state index in [2.05, 4.69) is 32.9 Å². The van der Waals surface area contributed by atoms with E-state index < -0.39 is 5.97 Å². The number of hydrogen-bond acceptors (Lipinski definition) is 1. The average Bonchev–Trinajstić information content (AvgIpc) is 2.86. The molecule has 112 valence electrons. The zero-order valence-corrected chi connectivity index (χ0v) is 13.0. The molecular weight excluding hydrogens is 274 g/mol. The first kappa shape index (κ1) is 14.4. The van der Waals surface area contributed by atoms with Crippen LogP contribution in [0.15, 0.2) is 54.6 Å². The van der Waals surface area contributed by atoms with Gasteiger partial charge in [-0.15, -0.1) is 0 Å². The molecule has 2 aromatic carbocycles. The summed E-state index contributed by atoms with van der Waals surface area (Å²) in [5.74, 6) is -0.920. The van der Waals surface area contributed by atoms with Crippen LogP contribution in [-0.4, -0.2) is 15.6 Å². The Hall–Kier alpha value is -2.55. The van der Waals surface area contributed by atoms with Crippen LogP contribution in [0.3, 0.4) is 0 Å². The molecule has 0 aliphatic heterocycles. The summed E-state index contributed by atoms with van der Waals surface area (Å²) < 4.78 is 1.80. The molecule has 0 saturated carbocycles. The molecule has 3 nitrogen and oxygen atoms in total. The van der Waals surface area contributed by atoms with Crippen LogP contribution in [0.4, 0.5) is 0 Å². The van der Waals surface area contributed by atoms with Gasteiger partial charge in [0, 0.05) is 11.1 Å². The van der Waals surface area contributed by atoms with Crippen molar-refractivity contribution in [1.82, 2.24) is 4.57 Å². The molecule has 0 saturated heterocycles. The van der Waals surface area contributed by atoms with E-state index in [9.17, 15) is 9.90 Å². The third-order valence-corrected chi connectivity index (χ3v) is 3.92. The van der Waals surface area contributed by atoms with Crippen molar-refractivity contribution >= 4 is 16.9 Å². The van der Waals surface area contributed by atoms with Crippen LogP contribution in [0, 0.1) is 0 Å². The van der Waals surface area contributed by atoms with Crippen LogP contribution in [0.2, 0.25) is 0 Å². The van der Waals surface area contributed by atoms with Gasteiger partial charge in [-0.05, 0) is 35.2 Å². The Kier molecular flexibility index (Phi) is 3.28. The van der Waals surface area contributed by atoms with Crippen molar-refractivity contribution in [2.75, 3.05) is 0 Å². The van der Waals surface area contributed by atoms with Gasteiger partial charge in [-0.3, -0.25) is 0 Å². The molecule has 0 radical (unpaired) electrons. The number of para-hydroxylation sites is 1. The second-order valence-corrected chi connectivity index (χ2v) is 6.53. The number of carbonyl (C=O) groups is 1. The molecule has 0 spiro atoms. The summed E-state index contributed by atoms with van der Waals surface area (Å²) in [6.45, 7) is 6.49. The van der Waals surface area contributed by atoms with Crippen LogP contribution < -0.4 is 0 Å². The van der Waals surface area contributed by atoms with Crippen LogP contribution in [0.25, 0.3) is 16.6 Å². The smallest absolute Gasteiger partial charge is 0.352 e. The molecule has 3 aromatic rings. The first-order valence-corrected chi connectivity index (χ1v) is 7.32. The summed E-state index contributed by atoms with van der Waals surface area (Å²) in [7, 11) is 0. The van der Waals surface area contributed by atoms with Crippen LogP contribution >= 0.6 is 0 Å². The van der Waals surface area contributed by atoms with Crippen molar-refractivity contribution in [3.05, 3.63) is 65.9 Å². The fraction of sp³-hybridized carbons (Fsp3) is 0.211. The van der Waals surface area contributed by atoms with Crippen molar-refractivity contribution < 1.29 is 9.90 Å². The number of benzene rings is 2. The highest BCUT2D eigenvalue weighted by molar-refractivity contribution is 5.96. The molecule has 0 atom stereocenters. The Morgan fingerprint density at radius 3 is 2.23 bits per heavy atom. The normalized spacial score (nSPS) is 11.8. The molecule has 0 amide bonds. The Morgan fingerprint density at radius 1 is 1.00 bits per heavy atom. The van der Waals surface area contributed by atoms with Gasteiger partial charge in [0.05, 0.1) is 5.52 Å². The highest BCUT2D eigenvalue weighted by atomic mass is 16.4. The van der Waals surface area contributed by atoms with Gasteiger partial charge >= 0.3 is 5.97 Å². The van der Waals surface area contributed by atoms with E-state index in [1.165, 1.54) is 5.56 Å². The lowest BCUT2D eigenvalue weighted by Gasteiger charge is -2.19. The summed E-state index contributed by atoms with van der Waals surface area (Å²) in [5.41, 5.74) is 3.36. The molecular formula is C19H19NO2. The first-order valence-electron chi connectivity index (χ1n) is 7.32. The largest absolute Gasteiger partial charge is 0.477 e. The predicted molar refractivity (Wildman–Crippen MR) is 88.9 cm³/mol. The van der Waals surface area contributed by atoms with Gasteiger partial charge in [-0.1, -0.05) is 51.1 Å². The zero-order valence-electron chi connectivity index (χ0n) is 13.0. The number of hydrogen-bond donors (Lipinski definition) is 1. The van der Waals surface area contributed by atoms with Gasteiger partial charge in [0.1, 0.15) is 5.69 Å². The monoisotopic (exact) mass is 293 g/mol. The van der Waals surface area contributed by atoms with Crippen LogP contribution in [0.5, 0.6) is 0 Å². The lowest BCUT2D eigenvalue weighted by Crippen LogP contribution is -2.11. The summed E-state index contributed by atoms with van der Waals surface area (Å²) in [6, 6.07) is 17.5. The molecule has 0 fully saturated rings. The van der Waals surface area contributed by atoms with Crippen molar-refractivity contribution in [2.45, 2.75) is 26.2 Å². The van der Waals surface area contributed by atoms with E-state index in [4.69, 9.17) is 0 Å². The second kappa shape index (κ2) is 5.02. The van der Waals surface area contributed by atoms with Gasteiger partial charge in [-0.25, -0.2) is 4.79 Å². The minimum absolute atomic E-state index is 0.0763.